The highest BCUT2D eigenvalue weighted by molar-refractivity contribution is 5.81. The Morgan fingerprint density at radius 1 is 1.14 bits per heavy atom. The number of halogens is 2. The fourth-order valence-electron chi connectivity index (χ4n) is 3.82. The van der Waals surface area contributed by atoms with E-state index >= 15 is 0 Å². The lowest BCUT2D eigenvalue weighted by Gasteiger charge is -2.36. The van der Waals surface area contributed by atoms with E-state index < -0.39 is 11.6 Å². The predicted molar refractivity (Wildman–Crippen MR) is 103 cm³/mol. The highest BCUT2D eigenvalue weighted by Crippen LogP contribution is 2.43. The van der Waals surface area contributed by atoms with Crippen LogP contribution in [0.1, 0.15) is 30.7 Å². The Balaban J connectivity index is 1.26. The van der Waals surface area contributed by atoms with Crippen molar-refractivity contribution in [3.05, 3.63) is 35.4 Å². The maximum Gasteiger partial charge on any atom is 0.234 e. The van der Waals surface area contributed by atoms with Crippen molar-refractivity contribution in [1.82, 2.24) is 20.4 Å². The molecule has 1 aromatic rings. The summed E-state index contributed by atoms with van der Waals surface area (Å²) in [5.74, 6) is -0.271. The molecule has 0 aromatic heterocycles. The van der Waals surface area contributed by atoms with E-state index in [9.17, 15) is 13.6 Å². The van der Waals surface area contributed by atoms with Crippen molar-refractivity contribution < 1.29 is 13.6 Å². The van der Waals surface area contributed by atoms with Crippen LogP contribution in [0, 0.1) is 11.6 Å². The summed E-state index contributed by atoms with van der Waals surface area (Å²) in [4.78, 5) is 20.6. The Bertz CT molecular complexity index is 739. The molecule has 4 rings (SSSR count). The molecule has 6 nitrogen and oxygen atoms in total. The molecule has 1 aromatic carbocycles. The fourth-order valence-corrected chi connectivity index (χ4v) is 3.82. The number of guanidine groups is 1. The van der Waals surface area contributed by atoms with Gasteiger partial charge in [-0.25, -0.2) is 8.78 Å². The summed E-state index contributed by atoms with van der Waals surface area (Å²) in [5, 5.41) is 6.37. The zero-order valence-electron chi connectivity index (χ0n) is 16.1. The molecule has 1 amide bonds. The van der Waals surface area contributed by atoms with E-state index in [4.69, 9.17) is 0 Å². The molecule has 3 fully saturated rings. The van der Waals surface area contributed by atoms with Gasteiger partial charge in [-0.3, -0.25) is 14.7 Å². The minimum atomic E-state index is -0.484. The number of benzene rings is 1. The van der Waals surface area contributed by atoms with Gasteiger partial charge >= 0.3 is 0 Å². The van der Waals surface area contributed by atoms with Crippen LogP contribution in [0.3, 0.4) is 0 Å². The molecule has 1 saturated heterocycles. The number of piperazine rings is 1. The van der Waals surface area contributed by atoms with E-state index in [1.165, 1.54) is 18.2 Å². The van der Waals surface area contributed by atoms with Crippen LogP contribution in [0.5, 0.6) is 0 Å². The van der Waals surface area contributed by atoms with Crippen LogP contribution in [-0.4, -0.2) is 73.5 Å². The first-order chi connectivity index (χ1) is 13.5. The number of carbonyl (C=O) groups excluding carboxylic acids is 1. The highest BCUT2D eigenvalue weighted by atomic mass is 19.1. The number of hydrogen-bond donors (Lipinski definition) is 2. The Morgan fingerprint density at radius 3 is 2.43 bits per heavy atom. The normalized spacial score (nSPS) is 25.5. The molecular weight excluding hydrogens is 364 g/mol. The summed E-state index contributed by atoms with van der Waals surface area (Å²) in [7, 11) is 1.72. The van der Waals surface area contributed by atoms with Crippen LogP contribution in [0.25, 0.3) is 0 Å². The van der Waals surface area contributed by atoms with Gasteiger partial charge in [-0.15, -0.1) is 0 Å². The Labute approximate surface area is 164 Å². The van der Waals surface area contributed by atoms with Crippen molar-refractivity contribution in [3.8, 4) is 0 Å². The molecule has 3 aliphatic rings. The second-order valence-electron chi connectivity index (χ2n) is 7.88. The second-order valence-corrected chi connectivity index (χ2v) is 7.88. The van der Waals surface area contributed by atoms with Gasteiger partial charge in [0.15, 0.2) is 5.96 Å². The molecule has 2 atom stereocenters. The summed E-state index contributed by atoms with van der Waals surface area (Å²) >= 11 is 0. The Kier molecular flexibility index (Phi) is 5.48. The van der Waals surface area contributed by atoms with Crippen molar-refractivity contribution in [2.45, 2.75) is 37.3 Å². The third-order valence-corrected chi connectivity index (χ3v) is 5.67. The number of rotatable bonds is 5. The molecule has 2 unspecified atom stereocenters. The van der Waals surface area contributed by atoms with Gasteiger partial charge in [0.25, 0.3) is 0 Å². The quantitative estimate of drug-likeness (QED) is 0.587. The van der Waals surface area contributed by atoms with E-state index in [0.717, 1.165) is 45.0 Å². The first-order valence-corrected chi connectivity index (χ1v) is 9.99. The van der Waals surface area contributed by atoms with Gasteiger partial charge in [0.2, 0.25) is 5.91 Å². The van der Waals surface area contributed by atoms with E-state index in [2.05, 4.69) is 25.4 Å². The van der Waals surface area contributed by atoms with E-state index in [-0.39, 0.29) is 23.4 Å². The molecular formula is C20H27F2N5O. The minimum Gasteiger partial charge on any atom is -0.353 e. The van der Waals surface area contributed by atoms with Crippen molar-refractivity contribution in [2.24, 2.45) is 4.99 Å². The molecule has 0 radical (unpaired) electrons. The van der Waals surface area contributed by atoms with Gasteiger partial charge in [-0.2, -0.15) is 0 Å². The second kappa shape index (κ2) is 8.03. The third kappa shape index (κ3) is 4.43. The predicted octanol–water partition coefficient (Wildman–Crippen LogP) is 1.29. The lowest BCUT2D eigenvalue weighted by molar-refractivity contribution is -0.122. The van der Waals surface area contributed by atoms with E-state index in [0.29, 0.717) is 19.0 Å². The monoisotopic (exact) mass is 391 g/mol. The maximum atomic E-state index is 14.0. The summed E-state index contributed by atoms with van der Waals surface area (Å²) in [6.45, 7) is 3.54. The van der Waals surface area contributed by atoms with Crippen LogP contribution >= 0.6 is 0 Å². The van der Waals surface area contributed by atoms with Gasteiger partial charge in [0, 0.05) is 56.8 Å². The van der Waals surface area contributed by atoms with Crippen LogP contribution in [0.15, 0.2) is 23.2 Å². The van der Waals surface area contributed by atoms with Crippen molar-refractivity contribution in [3.63, 3.8) is 0 Å². The summed E-state index contributed by atoms with van der Waals surface area (Å²) < 4.78 is 27.9. The summed E-state index contributed by atoms with van der Waals surface area (Å²) in [5.41, 5.74) is 0.168. The molecule has 8 heteroatoms. The lowest BCUT2D eigenvalue weighted by atomic mass is 10.1. The molecule has 28 heavy (non-hydrogen) atoms. The van der Waals surface area contributed by atoms with E-state index in [1.54, 1.807) is 7.05 Å². The SMILES string of the molecule is CN=C(NC1CC1c1c(F)cccc1F)N1CCN(CC(=O)NC2CC2)CC1. The smallest absolute Gasteiger partial charge is 0.234 e. The van der Waals surface area contributed by atoms with E-state index in [1.807, 2.05) is 0 Å². The maximum absolute atomic E-state index is 14.0. The minimum absolute atomic E-state index is 0.00699. The number of carbonyl (C=O) groups is 1. The van der Waals surface area contributed by atoms with Crippen molar-refractivity contribution in [1.29, 1.82) is 0 Å². The first kappa shape index (κ1) is 19.1. The summed E-state index contributed by atoms with van der Waals surface area (Å²) in [6.07, 6.45) is 2.89. The number of nitrogens with one attached hydrogen (secondary N) is 2. The number of amides is 1. The van der Waals surface area contributed by atoms with Crippen LogP contribution < -0.4 is 10.6 Å². The molecule has 1 aliphatic heterocycles. The highest BCUT2D eigenvalue weighted by Gasteiger charge is 2.43. The van der Waals surface area contributed by atoms with Crippen molar-refractivity contribution >= 4 is 11.9 Å². The zero-order chi connectivity index (χ0) is 19.7. The fraction of sp³-hybridized carbons (Fsp3) is 0.600. The van der Waals surface area contributed by atoms with Crippen LogP contribution in [0.2, 0.25) is 0 Å². The number of nitrogens with zero attached hydrogens (tertiary/aromatic N) is 3. The van der Waals surface area contributed by atoms with Gasteiger partial charge in [-0.1, -0.05) is 6.07 Å². The zero-order valence-corrected chi connectivity index (χ0v) is 16.1. The number of hydrogen-bond acceptors (Lipinski definition) is 3. The Hall–Kier alpha value is -2.22. The van der Waals surface area contributed by atoms with Gasteiger partial charge in [0.05, 0.1) is 6.54 Å². The molecule has 0 bridgehead atoms. The number of aliphatic imine (C=N–C) groups is 1. The molecule has 2 aliphatic carbocycles. The summed E-state index contributed by atoms with van der Waals surface area (Å²) in [6, 6.07) is 4.39. The van der Waals surface area contributed by atoms with Gasteiger partial charge in [-0.05, 0) is 31.4 Å². The largest absolute Gasteiger partial charge is 0.353 e. The van der Waals surface area contributed by atoms with Gasteiger partial charge < -0.3 is 15.5 Å². The molecule has 2 N–H and O–H groups in total. The first-order valence-electron chi connectivity index (χ1n) is 9.99. The Morgan fingerprint density at radius 2 is 1.82 bits per heavy atom. The molecule has 152 valence electrons. The van der Waals surface area contributed by atoms with Crippen LogP contribution in [-0.2, 0) is 4.79 Å². The topological polar surface area (TPSA) is 60.0 Å². The third-order valence-electron chi connectivity index (χ3n) is 5.67. The standard InChI is InChI=1S/C20H27F2N5O/c1-23-20(25-17-11-14(17)19-15(21)3-2-4-16(19)22)27-9-7-26(8-10-27)12-18(28)24-13-5-6-13/h2-4,13-14,17H,5-12H2,1H3,(H,23,25)(H,24,28). The molecule has 2 saturated carbocycles. The van der Waals surface area contributed by atoms with Gasteiger partial charge in [0.1, 0.15) is 11.6 Å². The average Bonchev–Trinajstić information content (AvgIpc) is 3.58. The van der Waals surface area contributed by atoms with Crippen LogP contribution in [0.4, 0.5) is 8.78 Å². The molecule has 0 spiro atoms. The molecule has 1 heterocycles. The lowest BCUT2D eigenvalue weighted by Crippen LogP contribution is -2.54. The van der Waals surface area contributed by atoms with Crippen molar-refractivity contribution in [2.75, 3.05) is 39.8 Å². The average molecular weight is 391 g/mol.